The molecule has 2 nitrogen and oxygen atoms in total. The van der Waals surface area contributed by atoms with Crippen LogP contribution in [0.1, 0.15) is 50.5 Å². The largest absolute Gasteiger partial charge is 0.494 e. The molecule has 0 radical (unpaired) electrons. The van der Waals surface area contributed by atoms with Gasteiger partial charge in [-0.3, -0.25) is 0 Å². The maximum Gasteiger partial charge on any atom is 0.168 e. The molecule has 0 amide bonds. The fourth-order valence-electron chi connectivity index (χ4n) is 3.14. The number of benzene rings is 1. The molecular formula is C17H25FO2. The number of rotatable bonds is 4. The zero-order valence-corrected chi connectivity index (χ0v) is 12.3. The maximum atomic E-state index is 14.1. The third-order valence-corrected chi connectivity index (χ3v) is 4.39. The van der Waals surface area contributed by atoms with E-state index in [0.29, 0.717) is 17.9 Å². The average Bonchev–Trinajstić information content (AvgIpc) is 2.40. The summed E-state index contributed by atoms with van der Waals surface area (Å²) < 4.78 is 19.1. The third-order valence-electron chi connectivity index (χ3n) is 4.39. The Morgan fingerprint density at radius 1 is 1.20 bits per heavy atom. The first kappa shape index (κ1) is 15.3. The van der Waals surface area contributed by atoms with Crippen molar-refractivity contribution in [3.8, 4) is 5.75 Å². The van der Waals surface area contributed by atoms with Gasteiger partial charge in [-0.1, -0.05) is 44.2 Å². The minimum Gasteiger partial charge on any atom is -0.494 e. The van der Waals surface area contributed by atoms with Crippen molar-refractivity contribution >= 4 is 0 Å². The predicted octanol–water partition coefficient (Wildman–Crippen LogP) is 4.10. The summed E-state index contributed by atoms with van der Waals surface area (Å²) in [4.78, 5) is 0. The molecule has 1 fully saturated rings. The van der Waals surface area contributed by atoms with Crippen molar-refractivity contribution in [2.24, 2.45) is 5.92 Å². The van der Waals surface area contributed by atoms with Crippen molar-refractivity contribution in [1.29, 1.82) is 0 Å². The molecule has 112 valence electrons. The highest BCUT2D eigenvalue weighted by Gasteiger charge is 2.22. The maximum absolute atomic E-state index is 14.1. The van der Waals surface area contributed by atoms with E-state index in [0.717, 1.165) is 12.8 Å². The zero-order valence-electron chi connectivity index (χ0n) is 12.3. The normalized spacial score (nSPS) is 19.1. The van der Waals surface area contributed by atoms with Crippen LogP contribution >= 0.6 is 0 Å². The van der Waals surface area contributed by atoms with Gasteiger partial charge in [0, 0.05) is 6.42 Å². The van der Waals surface area contributed by atoms with E-state index < -0.39 is 6.10 Å². The lowest BCUT2D eigenvalue weighted by molar-refractivity contribution is 0.0904. The van der Waals surface area contributed by atoms with E-state index in [-0.39, 0.29) is 11.6 Å². The van der Waals surface area contributed by atoms with Gasteiger partial charge in [-0.05, 0) is 30.4 Å². The summed E-state index contributed by atoms with van der Waals surface area (Å²) in [5, 5.41) is 10.4. The van der Waals surface area contributed by atoms with E-state index in [2.05, 4.69) is 0 Å². The fourth-order valence-corrected chi connectivity index (χ4v) is 3.14. The molecule has 0 spiro atoms. The highest BCUT2D eigenvalue weighted by atomic mass is 19.1. The Morgan fingerprint density at radius 3 is 2.50 bits per heavy atom. The van der Waals surface area contributed by atoms with Crippen molar-refractivity contribution in [2.75, 3.05) is 7.11 Å². The van der Waals surface area contributed by atoms with E-state index in [1.807, 2.05) is 0 Å². The number of methoxy groups -OCH3 is 1. The third kappa shape index (κ3) is 3.95. The molecule has 3 heteroatoms. The van der Waals surface area contributed by atoms with Gasteiger partial charge in [0.1, 0.15) is 0 Å². The van der Waals surface area contributed by atoms with Crippen LogP contribution < -0.4 is 4.74 Å². The van der Waals surface area contributed by atoms with Gasteiger partial charge in [-0.25, -0.2) is 4.39 Å². The number of aliphatic hydroxyl groups excluding tert-OH is 1. The SMILES string of the molecule is COc1cccc(CC(O)C2CCCCCCC2)c1F. The summed E-state index contributed by atoms with van der Waals surface area (Å²) in [5.41, 5.74) is 0.555. The van der Waals surface area contributed by atoms with Crippen molar-refractivity contribution < 1.29 is 14.2 Å². The Morgan fingerprint density at radius 2 is 1.85 bits per heavy atom. The summed E-state index contributed by atoms with van der Waals surface area (Å²) in [5.74, 6) is 0.230. The molecule has 1 aliphatic carbocycles. The van der Waals surface area contributed by atoms with Gasteiger partial charge in [0.2, 0.25) is 0 Å². The van der Waals surface area contributed by atoms with Gasteiger partial charge in [-0.15, -0.1) is 0 Å². The molecule has 0 aromatic heterocycles. The zero-order chi connectivity index (χ0) is 14.4. The van der Waals surface area contributed by atoms with Gasteiger partial charge in [0.15, 0.2) is 11.6 Å². The van der Waals surface area contributed by atoms with Crippen LogP contribution in [0.15, 0.2) is 18.2 Å². The first-order valence-corrected chi connectivity index (χ1v) is 7.72. The molecule has 1 atom stereocenters. The van der Waals surface area contributed by atoms with Gasteiger partial charge < -0.3 is 9.84 Å². The number of ether oxygens (including phenoxy) is 1. The van der Waals surface area contributed by atoms with Gasteiger partial charge in [0.25, 0.3) is 0 Å². The molecule has 0 bridgehead atoms. The first-order chi connectivity index (χ1) is 9.72. The number of aliphatic hydroxyl groups is 1. The molecule has 0 saturated heterocycles. The predicted molar refractivity (Wildman–Crippen MR) is 78.5 cm³/mol. The number of hydrogen-bond donors (Lipinski definition) is 1. The lowest BCUT2D eigenvalue weighted by Gasteiger charge is -2.25. The van der Waals surface area contributed by atoms with E-state index in [1.54, 1.807) is 18.2 Å². The van der Waals surface area contributed by atoms with Crippen LogP contribution in [-0.2, 0) is 6.42 Å². The molecule has 1 N–H and O–H groups in total. The standard InChI is InChI=1S/C17H25FO2/c1-20-16-11-7-10-14(17(16)18)12-15(19)13-8-5-3-2-4-6-9-13/h7,10-11,13,15,19H,2-6,8-9,12H2,1H3. The summed E-state index contributed by atoms with van der Waals surface area (Å²) in [7, 11) is 1.47. The second-order valence-electron chi connectivity index (χ2n) is 5.81. The highest BCUT2D eigenvalue weighted by molar-refractivity contribution is 5.31. The van der Waals surface area contributed by atoms with Crippen molar-refractivity contribution in [3.05, 3.63) is 29.6 Å². The van der Waals surface area contributed by atoms with Gasteiger partial charge in [0.05, 0.1) is 13.2 Å². The Labute approximate surface area is 121 Å². The Kier molecular flexibility index (Phi) is 5.84. The molecule has 1 aliphatic rings. The van der Waals surface area contributed by atoms with Crippen LogP contribution in [0, 0.1) is 11.7 Å². The van der Waals surface area contributed by atoms with E-state index in [9.17, 15) is 9.50 Å². The molecule has 1 aromatic carbocycles. The number of halogens is 1. The van der Waals surface area contributed by atoms with Crippen LogP contribution in [0.2, 0.25) is 0 Å². The minimum atomic E-state index is -0.449. The quantitative estimate of drug-likeness (QED) is 0.899. The van der Waals surface area contributed by atoms with Crippen LogP contribution in [0.3, 0.4) is 0 Å². The van der Waals surface area contributed by atoms with E-state index >= 15 is 0 Å². The molecule has 0 heterocycles. The van der Waals surface area contributed by atoms with Crippen LogP contribution in [-0.4, -0.2) is 18.3 Å². The molecule has 1 aromatic rings. The summed E-state index contributed by atoms with van der Waals surface area (Å²) in [6, 6.07) is 5.13. The smallest absolute Gasteiger partial charge is 0.168 e. The summed E-state index contributed by atoms with van der Waals surface area (Å²) >= 11 is 0. The molecule has 2 rings (SSSR count). The Balaban J connectivity index is 2.00. The van der Waals surface area contributed by atoms with E-state index in [1.165, 1.54) is 39.2 Å². The molecule has 1 saturated carbocycles. The van der Waals surface area contributed by atoms with Crippen LogP contribution in [0.4, 0.5) is 4.39 Å². The lowest BCUT2D eigenvalue weighted by atomic mass is 9.85. The van der Waals surface area contributed by atoms with E-state index in [4.69, 9.17) is 4.74 Å². The molecule has 0 aliphatic heterocycles. The lowest BCUT2D eigenvalue weighted by Crippen LogP contribution is -2.24. The van der Waals surface area contributed by atoms with Crippen LogP contribution in [0.5, 0.6) is 5.75 Å². The minimum absolute atomic E-state index is 0.257. The average molecular weight is 280 g/mol. The molecule has 1 unspecified atom stereocenters. The Hall–Kier alpha value is -1.09. The van der Waals surface area contributed by atoms with Crippen molar-refractivity contribution in [2.45, 2.75) is 57.5 Å². The summed E-state index contributed by atoms with van der Waals surface area (Å²) in [6.07, 6.45) is 8.26. The second kappa shape index (κ2) is 7.63. The Bertz CT molecular complexity index is 411. The molecule has 20 heavy (non-hydrogen) atoms. The first-order valence-electron chi connectivity index (χ1n) is 7.72. The monoisotopic (exact) mass is 280 g/mol. The van der Waals surface area contributed by atoms with Gasteiger partial charge >= 0.3 is 0 Å². The number of hydrogen-bond acceptors (Lipinski definition) is 2. The summed E-state index contributed by atoms with van der Waals surface area (Å²) in [6.45, 7) is 0. The second-order valence-corrected chi connectivity index (χ2v) is 5.81. The fraction of sp³-hybridized carbons (Fsp3) is 0.647. The van der Waals surface area contributed by atoms with Crippen molar-refractivity contribution in [1.82, 2.24) is 0 Å². The van der Waals surface area contributed by atoms with Crippen LogP contribution in [0.25, 0.3) is 0 Å². The van der Waals surface area contributed by atoms with Gasteiger partial charge in [-0.2, -0.15) is 0 Å². The molecular weight excluding hydrogens is 255 g/mol. The topological polar surface area (TPSA) is 29.5 Å². The van der Waals surface area contributed by atoms with Crippen molar-refractivity contribution in [3.63, 3.8) is 0 Å². The highest BCUT2D eigenvalue weighted by Crippen LogP contribution is 2.28.